The third-order valence-corrected chi connectivity index (χ3v) is 2.45. The van der Waals surface area contributed by atoms with Crippen LogP contribution < -0.4 is 16.0 Å². The minimum atomic E-state index is -0.0269. The number of nitrogens with one attached hydrogen (secondary N) is 3. The number of amides is 2. The van der Waals surface area contributed by atoms with Crippen molar-refractivity contribution in [3.05, 3.63) is 0 Å². The summed E-state index contributed by atoms with van der Waals surface area (Å²) < 4.78 is 0. The SMILES string of the molecule is CC1CC2(CNC(=O)N2)CN1. The van der Waals surface area contributed by atoms with Gasteiger partial charge in [-0.1, -0.05) is 0 Å². The largest absolute Gasteiger partial charge is 0.336 e. The fraction of sp³-hybridized carbons (Fsp3) is 0.857. The summed E-state index contributed by atoms with van der Waals surface area (Å²) >= 11 is 0. The van der Waals surface area contributed by atoms with Gasteiger partial charge in [-0.15, -0.1) is 0 Å². The van der Waals surface area contributed by atoms with E-state index in [0.29, 0.717) is 6.04 Å². The van der Waals surface area contributed by atoms with Gasteiger partial charge in [0, 0.05) is 19.1 Å². The Labute approximate surface area is 65.7 Å². The third kappa shape index (κ3) is 1.07. The summed E-state index contributed by atoms with van der Waals surface area (Å²) in [6, 6.07) is 0.496. The molecule has 0 aromatic carbocycles. The van der Waals surface area contributed by atoms with Crippen molar-refractivity contribution in [3.8, 4) is 0 Å². The van der Waals surface area contributed by atoms with Crippen molar-refractivity contribution >= 4 is 6.03 Å². The molecule has 3 N–H and O–H groups in total. The highest BCUT2D eigenvalue weighted by molar-refractivity contribution is 5.77. The van der Waals surface area contributed by atoms with Crippen LogP contribution in [0.4, 0.5) is 4.79 Å². The predicted octanol–water partition coefficient (Wildman–Crippen LogP) is -0.580. The van der Waals surface area contributed by atoms with E-state index in [1.807, 2.05) is 0 Å². The zero-order chi connectivity index (χ0) is 7.90. The molecule has 2 fully saturated rings. The third-order valence-electron chi connectivity index (χ3n) is 2.45. The second kappa shape index (κ2) is 2.11. The number of hydrogen-bond donors (Lipinski definition) is 3. The Morgan fingerprint density at radius 1 is 1.55 bits per heavy atom. The van der Waals surface area contributed by atoms with Crippen molar-refractivity contribution in [1.29, 1.82) is 0 Å². The van der Waals surface area contributed by atoms with Crippen LogP contribution in [0.15, 0.2) is 0 Å². The second-order valence-corrected chi connectivity index (χ2v) is 3.57. The maximum absolute atomic E-state index is 10.9. The minimum absolute atomic E-state index is 0.0104. The normalized spacial score (nSPS) is 42.6. The number of carbonyl (C=O) groups excluding carboxylic acids is 1. The van der Waals surface area contributed by atoms with Crippen LogP contribution in [0.1, 0.15) is 13.3 Å². The van der Waals surface area contributed by atoms with Crippen LogP contribution in [0, 0.1) is 0 Å². The van der Waals surface area contributed by atoms with Crippen molar-refractivity contribution in [2.45, 2.75) is 24.9 Å². The van der Waals surface area contributed by atoms with E-state index >= 15 is 0 Å². The molecule has 2 unspecified atom stereocenters. The van der Waals surface area contributed by atoms with E-state index in [9.17, 15) is 4.79 Å². The zero-order valence-corrected chi connectivity index (χ0v) is 6.61. The average Bonchev–Trinajstić information content (AvgIpc) is 2.44. The molecule has 62 valence electrons. The molecular formula is C7H13N3O. The van der Waals surface area contributed by atoms with E-state index < -0.39 is 0 Å². The summed E-state index contributed by atoms with van der Waals surface area (Å²) in [4.78, 5) is 10.9. The van der Waals surface area contributed by atoms with E-state index in [2.05, 4.69) is 22.9 Å². The van der Waals surface area contributed by atoms with Crippen molar-refractivity contribution in [3.63, 3.8) is 0 Å². The van der Waals surface area contributed by atoms with E-state index in [4.69, 9.17) is 0 Å². The molecule has 2 rings (SSSR count). The number of urea groups is 1. The molecule has 0 bridgehead atoms. The van der Waals surface area contributed by atoms with Crippen LogP contribution in [-0.2, 0) is 0 Å². The van der Waals surface area contributed by atoms with Gasteiger partial charge in [0.2, 0.25) is 0 Å². The molecule has 0 aliphatic carbocycles. The van der Waals surface area contributed by atoms with Gasteiger partial charge >= 0.3 is 6.03 Å². The highest BCUT2D eigenvalue weighted by Gasteiger charge is 2.42. The first-order valence-corrected chi connectivity index (χ1v) is 4.00. The summed E-state index contributed by atoms with van der Waals surface area (Å²) in [6.45, 7) is 3.80. The van der Waals surface area contributed by atoms with E-state index in [0.717, 1.165) is 19.5 Å². The molecule has 0 radical (unpaired) electrons. The molecule has 4 nitrogen and oxygen atoms in total. The summed E-state index contributed by atoms with van der Waals surface area (Å²) in [5, 5.41) is 9.05. The van der Waals surface area contributed by atoms with E-state index in [1.54, 1.807) is 0 Å². The lowest BCUT2D eigenvalue weighted by molar-refractivity contribution is 0.245. The molecule has 0 saturated carbocycles. The molecular weight excluding hydrogens is 142 g/mol. The van der Waals surface area contributed by atoms with Gasteiger partial charge in [0.1, 0.15) is 0 Å². The van der Waals surface area contributed by atoms with Crippen LogP contribution in [0.2, 0.25) is 0 Å². The Hall–Kier alpha value is -0.770. The predicted molar refractivity (Wildman–Crippen MR) is 41.3 cm³/mol. The standard InChI is InChI=1S/C7H13N3O/c1-5-2-7(3-8-5)4-9-6(11)10-7/h5,8H,2-4H2,1H3,(H2,9,10,11). The topological polar surface area (TPSA) is 53.2 Å². The Morgan fingerprint density at radius 3 is 2.82 bits per heavy atom. The molecule has 2 aliphatic heterocycles. The van der Waals surface area contributed by atoms with Gasteiger partial charge in [-0.05, 0) is 13.3 Å². The maximum atomic E-state index is 10.9. The van der Waals surface area contributed by atoms with Crippen molar-refractivity contribution in [1.82, 2.24) is 16.0 Å². The van der Waals surface area contributed by atoms with Crippen LogP contribution in [0.3, 0.4) is 0 Å². The highest BCUT2D eigenvalue weighted by atomic mass is 16.2. The van der Waals surface area contributed by atoms with Crippen molar-refractivity contribution in [2.75, 3.05) is 13.1 Å². The summed E-state index contributed by atoms with van der Waals surface area (Å²) in [5.74, 6) is 0. The molecule has 0 aromatic heterocycles. The van der Waals surface area contributed by atoms with Gasteiger partial charge in [0.05, 0.1) is 5.54 Å². The smallest absolute Gasteiger partial charge is 0.315 e. The fourth-order valence-corrected chi connectivity index (χ4v) is 1.91. The van der Waals surface area contributed by atoms with Gasteiger partial charge in [0.25, 0.3) is 0 Å². The van der Waals surface area contributed by atoms with Crippen LogP contribution >= 0.6 is 0 Å². The highest BCUT2D eigenvalue weighted by Crippen LogP contribution is 2.20. The minimum Gasteiger partial charge on any atom is -0.336 e. The van der Waals surface area contributed by atoms with Crippen LogP contribution in [0.5, 0.6) is 0 Å². The van der Waals surface area contributed by atoms with Gasteiger partial charge in [-0.25, -0.2) is 4.79 Å². The quantitative estimate of drug-likeness (QED) is 0.438. The molecule has 4 heteroatoms. The fourth-order valence-electron chi connectivity index (χ4n) is 1.91. The zero-order valence-electron chi connectivity index (χ0n) is 6.61. The van der Waals surface area contributed by atoms with Gasteiger partial charge in [-0.2, -0.15) is 0 Å². The molecule has 2 aliphatic rings. The lowest BCUT2D eigenvalue weighted by Gasteiger charge is -2.19. The Balaban J connectivity index is 2.07. The first-order chi connectivity index (χ1) is 5.20. The average molecular weight is 155 g/mol. The lowest BCUT2D eigenvalue weighted by atomic mass is 9.98. The Kier molecular flexibility index (Phi) is 1.32. The maximum Gasteiger partial charge on any atom is 0.315 e. The lowest BCUT2D eigenvalue weighted by Crippen LogP contribution is -2.45. The monoisotopic (exact) mass is 155 g/mol. The molecule has 1 spiro atoms. The van der Waals surface area contributed by atoms with Crippen LogP contribution in [-0.4, -0.2) is 30.7 Å². The Morgan fingerprint density at radius 2 is 2.36 bits per heavy atom. The first-order valence-electron chi connectivity index (χ1n) is 4.00. The Bertz CT molecular complexity index is 194. The summed E-state index contributed by atoms with van der Waals surface area (Å²) in [5.41, 5.74) is 0.0104. The molecule has 0 aromatic rings. The van der Waals surface area contributed by atoms with Gasteiger partial charge in [0.15, 0.2) is 0 Å². The first kappa shape index (κ1) is 6.91. The molecule has 2 atom stereocenters. The van der Waals surface area contributed by atoms with E-state index in [-0.39, 0.29) is 11.6 Å². The molecule has 2 heterocycles. The van der Waals surface area contributed by atoms with Gasteiger partial charge < -0.3 is 16.0 Å². The molecule has 11 heavy (non-hydrogen) atoms. The second-order valence-electron chi connectivity index (χ2n) is 3.57. The van der Waals surface area contributed by atoms with Gasteiger partial charge in [-0.3, -0.25) is 0 Å². The number of carbonyl (C=O) groups is 1. The summed E-state index contributed by atoms with van der Waals surface area (Å²) in [7, 11) is 0. The molecule has 2 amide bonds. The van der Waals surface area contributed by atoms with Crippen molar-refractivity contribution in [2.24, 2.45) is 0 Å². The molecule has 2 saturated heterocycles. The van der Waals surface area contributed by atoms with Crippen molar-refractivity contribution < 1.29 is 4.79 Å². The number of hydrogen-bond acceptors (Lipinski definition) is 2. The summed E-state index contributed by atoms with van der Waals surface area (Å²) in [6.07, 6.45) is 1.03. The van der Waals surface area contributed by atoms with E-state index in [1.165, 1.54) is 0 Å². The van der Waals surface area contributed by atoms with Crippen LogP contribution in [0.25, 0.3) is 0 Å². The number of rotatable bonds is 0.